The lowest BCUT2D eigenvalue weighted by Crippen LogP contribution is -2.28. The third-order valence-corrected chi connectivity index (χ3v) is 6.37. The zero-order valence-electron chi connectivity index (χ0n) is 14.8. The average Bonchev–Trinajstić information content (AvgIpc) is 3.29. The van der Waals surface area contributed by atoms with Crippen molar-refractivity contribution in [2.75, 3.05) is 16.8 Å². The van der Waals surface area contributed by atoms with E-state index in [0.29, 0.717) is 10.6 Å². The number of nitrogens with one attached hydrogen (secondary N) is 1. The van der Waals surface area contributed by atoms with Crippen molar-refractivity contribution in [1.82, 2.24) is 0 Å². The zero-order chi connectivity index (χ0) is 19.1. The van der Waals surface area contributed by atoms with Crippen molar-refractivity contribution in [1.29, 1.82) is 5.26 Å². The Balaban J connectivity index is 1.51. The molecule has 2 amide bonds. The summed E-state index contributed by atoms with van der Waals surface area (Å²) < 4.78 is 14.2. The van der Waals surface area contributed by atoms with Gasteiger partial charge in [-0.2, -0.15) is 5.26 Å². The molecule has 0 spiro atoms. The molecule has 27 heavy (non-hydrogen) atoms. The average molecular weight is 383 g/mol. The van der Waals surface area contributed by atoms with Gasteiger partial charge in [-0.15, -0.1) is 11.3 Å². The molecule has 0 saturated carbocycles. The second-order valence-electron chi connectivity index (χ2n) is 7.02. The first-order chi connectivity index (χ1) is 13.0. The first-order valence-electron chi connectivity index (χ1n) is 8.90. The highest BCUT2D eigenvalue weighted by Gasteiger charge is 2.37. The highest BCUT2D eigenvalue weighted by molar-refractivity contribution is 7.16. The fraction of sp³-hybridized carbons (Fsp3) is 0.350. The van der Waals surface area contributed by atoms with Gasteiger partial charge in [-0.25, -0.2) is 4.39 Å². The smallest absolute Gasteiger partial charge is 0.230 e. The Morgan fingerprint density at radius 2 is 2.22 bits per heavy atom. The van der Waals surface area contributed by atoms with Crippen molar-refractivity contribution in [2.24, 2.45) is 5.92 Å². The van der Waals surface area contributed by atoms with E-state index in [-0.39, 0.29) is 30.5 Å². The minimum Gasteiger partial charge on any atom is -0.316 e. The summed E-state index contributed by atoms with van der Waals surface area (Å²) >= 11 is 1.45. The minimum absolute atomic E-state index is 0.0339. The third-order valence-electron chi connectivity index (χ3n) is 5.16. The zero-order valence-corrected chi connectivity index (χ0v) is 15.7. The monoisotopic (exact) mass is 383 g/mol. The minimum atomic E-state index is -0.568. The number of nitrogens with zero attached hydrogens (tertiary/aromatic N) is 2. The van der Waals surface area contributed by atoms with Crippen LogP contribution in [-0.2, 0) is 22.4 Å². The molecule has 2 aliphatic rings. The van der Waals surface area contributed by atoms with Crippen molar-refractivity contribution < 1.29 is 14.0 Å². The molecule has 4 rings (SSSR count). The number of carbonyl (C=O) groups is 2. The summed E-state index contributed by atoms with van der Waals surface area (Å²) in [6.45, 7) is 1.91. The molecule has 0 bridgehead atoms. The van der Waals surface area contributed by atoms with Gasteiger partial charge in [0.2, 0.25) is 11.8 Å². The van der Waals surface area contributed by atoms with E-state index in [9.17, 15) is 19.2 Å². The van der Waals surface area contributed by atoms with Gasteiger partial charge in [0.25, 0.3) is 0 Å². The second-order valence-corrected chi connectivity index (χ2v) is 8.13. The summed E-state index contributed by atoms with van der Waals surface area (Å²) in [5.74, 6) is -1.60. The van der Waals surface area contributed by atoms with Crippen LogP contribution >= 0.6 is 11.3 Å². The standard InChI is InChI=1S/C20H18FN3O2S/c1-11-5-6-16(15(21)7-11)24-10-12(8-18(24)25)19(26)23-20-14(9-22)13-3-2-4-17(13)27-20/h5-7,12H,2-4,8,10H2,1H3,(H,23,26)/t12-/m1/s1. The number of hydrogen-bond acceptors (Lipinski definition) is 4. The third kappa shape index (κ3) is 3.10. The van der Waals surface area contributed by atoms with Gasteiger partial charge in [0.15, 0.2) is 0 Å². The van der Waals surface area contributed by atoms with E-state index in [1.807, 2.05) is 0 Å². The fourth-order valence-corrected chi connectivity index (χ4v) is 5.01. The first kappa shape index (κ1) is 17.7. The summed E-state index contributed by atoms with van der Waals surface area (Å²) in [7, 11) is 0. The Morgan fingerprint density at radius 3 is 2.96 bits per heavy atom. The van der Waals surface area contributed by atoms with Crippen LogP contribution in [0.1, 0.15) is 34.4 Å². The molecule has 1 aliphatic heterocycles. The predicted octanol–water partition coefficient (Wildman–Crippen LogP) is 3.55. The second kappa shape index (κ2) is 6.78. The summed E-state index contributed by atoms with van der Waals surface area (Å²) in [6.07, 6.45) is 2.88. The van der Waals surface area contributed by atoms with Gasteiger partial charge in [-0.1, -0.05) is 6.07 Å². The SMILES string of the molecule is Cc1ccc(N2C[C@H](C(=O)Nc3sc4c(c3C#N)CCC4)CC2=O)c(F)c1. The van der Waals surface area contributed by atoms with Crippen LogP contribution in [0.25, 0.3) is 0 Å². The molecular formula is C20H18FN3O2S. The maximum atomic E-state index is 14.2. The Hall–Kier alpha value is -2.72. The van der Waals surface area contributed by atoms with Gasteiger partial charge < -0.3 is 10.2 Å². The van der Waals surface area contributed by atoms with E-state index in [1.165, 1.54) is 22.3 Å². The maximum Gasteiger partial charge on any atom is 0.230 e. The van der Waals surface area contributed by atoms with Gasteiger partial charge in [0, 0.05) is 17.8 Å². The van der Waals surface area contributed by atoms with Crippen LogP contribution in [0.5, 0.6) is 0 Å². The van der Waals surface area contributed by atoms with E-state index in [4.69, 9.17) is 0 Å². The molecule has 1 atom stereocenters. The predicted molar refractivity (Wildman–Crippen MR) is 101 cm³/mol. The molecule has 1 aromatic heterocycles. The molecule has 5 nitrogen and oxygen atoms in total. The quantitative estimate of drug-likeness (QED) is 0.881. The molecule has 138 valence electrons. The molecule has 2 heterocycles. The Morgan fingerprint density at radius 1 is 1.41 bits per heavy atom. The number of benzene rings is 1. The summed E-state index contributed by atoms with van der Waals surface area (Å²) in [5, 5.41) is 12.8. The van der Waals surface area contributed by atoms with E-state index < -0.39 is 11.7 Å². The van der Waals surface area contributed by atoms with Gasteiger partial charge in [0.05, 0.1) is 17.2 Å². The highest BCUT2D eigenvalue weighted by atomic mass is 32.1. The maximum absolute atomic E-state index is 14.2. The Kier molecular flexibility index (Phi) is 4.44. The topological polar surface area (TPSA) is 73.2 Å². The van der Waals surface area contributed by atoms with Crippen molar-refractivity contribution in [2.45, 2.75) is 32.6 Å². The largest absolute Gasteiger partial charge is 0.316 e. The molecule has 1 fully saturated rings. The highest BCUT2D eigenvalue weighted by Crippen LogP contribution is 2.39. The molecular weight excluding hydrogens is 365 g/mol. The van der Waals surface area contributed by atoms with E-state index in [0.717, 1.165) is 35.3 Å². The number of aryl methyl sites for hydroxylation is 2. The van der Waals surface area contributed by atoms with Crippen LogP contribution in [0.2, 0.25) is 0 Å². The number of rotatable bonds is 3. The van der Waals surface area contributed by atoms with Gasteiger partial charge >= 0.3 is 0 Å². The van der Waals surface area contributed by atoms with Crippen molar-refractivity contribution in [3.63, 3.8) is 0 Å². The van der Waals surface area contributed by atoms with Crippen LogP contribution in [0.4, 0.5) is 15.1 Å². The summed E-state index contributed by atoms with van der Waals surface area (Å²) in [5.41, 5.74) is 2.57. The molecule has 1 saturated heterocycles. The number of hydrogen-bond donors (Lipinski definition) is 1. The number of carbonyl (C=O) groups excluding carboxylic acids is 2. The van der Waals surface area contributed by atoms with Crippen molar-refractivity contribution in [3.8, 4) is 6.07 Å². The van der Waals surface area contributed by atoms with E-state index in [1.54, 1.807) is 19.1 Å². The van der Waals surface area contributed by atoms with E-state index >= 15 is 0 Å². The number of halogens is 1. The van der Waals surface area contributed by atoms with Gasteiger partial charge in [0.1, 0.15) is 16.9 Å². The molecule has 0 unspecified atom stereocenters. The van der Waals surface area contributed by atoms with Crippen LogP contribution in [0, 0.1) is 30.0 Å². The molecule has 7 heteroatoms. The lowest BCUT2D eigenvalue weighted by Gasteiger charge is -2.17. The molecule has 1 aromatic carbocycles. The van der Waals surface area contributed by atoms with Gasteiger partial charge in [-0.05, 0) is 49.4 Å². The summed E-state index contributed by atoms with van der Waals surface area (Å²) in [4.78, 5) is 27.5. The Bertz CT molecular complexity index is 992. The van der Waals surface area contributed by atoms with Crippen LogP contribution in [0.3, 0.4) is 0 Å². The number of thiophene rings is 1. The van der Waals surface area contributed by atoms with Gasteiger partial charge in [-0.3, -0.25) is 9.59 Å². The number of nitriles is 1. The number of amides is 2. The molecule has 2 aromatic rings. The van der Waals surface area contributed by atoms with Crippen LogP contribution < -0.4 is 10.2 Å². The molecule has 1 aliphatic carbocycles. The fourth-order valence-electron chi connectivity index (χ4n) is 3.77. The van der Waals surface area contributed by atoms with Crippen molar-refractivity contribution in [3.05, 3.63) is 45.6 Å². The lowest BCUT2D eigenvalue weighted by atomic mass is 10.1. The summed E-state index contributed by atoms with van der Waals surface area (Å²) in [6, 6.07) is 6.89. The Labute approximate surface area is 160 Å². The molecule has 1 N–H and O–H groups in total. The van der Waals surface area contributed by atoms with Crippen molar-refractivity contribution >= 4 is 33.8 Å². The number of anilines is 2. The van der Waals surface area contributed by atoms with Crippen LogP contribution in [-0.4, -0.2) is 18.4 Å². The lowest BCUT2D eigenvalue weighted by molar-refractivity contribution is -0.122. The first-order valence-corrected chi connectivity index (χ1v) is 9.71. The van der Waals surface area contributed by atoms with E-state index in [2.05, 4.69) is 11.4 Å². The normalized spacial score (nSPS) is 18.5. The molecule has 0 radical (unpaired) electrons. The number of fused-ring (bicyclic) bond motifs is 1. The van der Waals surface area contributed by atoms with Crippen LogP contribution in [0.15, 0.2) is 18.2 Å².